The molecule has 0 aliphatic rings. The normalized spacial score (nSPS) is 13.7. The fourth-order valence-corrected chi connectivity index (χ4v) is 2.78. The van der Waals surface area contributed by atoms with Crippen LogP contribution in [0.3, 0.4) is 0 Å². The fraction of sp³-hybridized carbons (Fsp3) is 0.211. The number of fused-ring (bicyclic) bond motifs is 1. The molecule has 0 saturated heterocycles. The molecule has 2 atom stereocenters. The zero-order valence-corrected chi connectivity index (χ0v) is 13.2. The number of aliphatic hydroxyl groups excluding tert-OH is 1. The minimum absolute atomic E-state index is 0.0999. The first-order valence-corrected chi connectivity index (χ1v) is 7.78. The van der Waals surface area contributed by atoms with E-state index >= 15 is 0 Å². The van der Waals surface area contributed by atoms with Gasteiger partial charge in [0, 0.05) is 29.4 Å². The summed E-state index contributed by atoms with van der Waals surface area (Å²) in [4.78, 5) is 3.97. The molecule has 1 heterocycles. The average molecular weight is 328 g/mol. The molecule has 2 aromatic carbocycles. The Kier molecular flexibility index (Phi) is 4.71. The summed E-state index contributed by atoms with van der Waals surface area (Å²) in [5.74, 6) is -1.33. The zero-order valence-electron chi connectivity index (χ0n) is 13.2. The topological polar surface area (TPSA) is 45.1 Å². The lowest BCUT2D eigenvalue weighted by Gasteiger charge is -2.20. The van der Waals surface area contributed by atoms with Gasteiger partial charge in [-0.25, -0.2) is 8.78 Å². The van der Waals surface area contributed by atoms with E-state index in [0.29, 0.717) is 17.5 Å². The van der Waals surface area contributed by atoms with Crippen molar-refractivity contribution in [1.82, 2.24) is 4.98 Å². The maximum absolute atomic E-state index is 13.8. The molecule has 0 fully saturated rings. The van der Waals surface area contributed by atoms with E-state index in [0.717, 1.165) is 11.6 Å². The summed E-state index contributed by atoms with van der Waals surface area (Å²) in [6.45, 7) is 1.91. The third kappa shape index (κ3) is 3.51. The van der Waals surface area contributed by atoms with Crippen molar-refractivity contribution in [1.29, 1.82) is 0 Å². The van der Waals surface area contributed by atoms with Crippen LogP contribution in [0.5, 0.6) is 0 Å². The number of hydrogen-bond acceptors (Lipinski definition) is 3. The van der Waals surface area contributed by atoms with Gasteiger partial charge in [-0.15, -0.1) is 0 Å². The Morgan fingerprint density at radius 2 is 1.88 bits per heavy atom. The number of halogens is 2. The van der Waals surface area contributed by atoms with Crippen LogP contribution in [0.2, 0.25) is 0 Å². The third-order valence-electron chi connectivity index (χ3n) is 3.93. The first-order chi connectivity index (χ1) is 11.5. The van der Waals surface area contributed by atoms with E-state index in [1.165, 1.54) is 12.3 Å². The van der Waals surface area contributed by atoms with Crippen molar-refractivity contribution in [3.63, 3.8) is 0 Å². The van der Waals surface area contributed by atoms with Gasteiger partial charge < -0.3 is 10.4 Å². The second-order valence-corrected chi connectivity index (χ2v) is 5.85. The maximum Gasteiger partial charge on any atom is 0.152 e. The number of aliphatic hydroxyl groups is 1. The molecule has 0 bridgehead atoms. The van der Waals surface area contributed by atoms with Crippen molar-refractivity contribution in [2.24, 2.45) is 0 Å². The van der Waals surface area contributed by atoms with Gasteiger partial charge in [0.1, 0.15) is 11.3 Å². The Hall–Kier alpha value is -2.53. The van der Waals surface area contributed by atoms with Crippen LogP contribution in [0.1, 0.15) is 25.0 Å². The number of nitrogens with one attached hydrogen (secondary N) is 1. The van der Waals surface area contributed by atoms with Crippen molar-refractivity contribution in [2.75, 3.05) is 5.32 Å². The highest BCUT2D eigenvalue weighted by molar-refractivity contribution is 5.91. The summed E-state index contributed by atoms with van der Waals surface area (Å²) in [6, 6.07) is 13.0. The molecular formula is C19H18F2N2O. The Bertz CT molecular complexity index is 839. The molecule has 3 nitrogen and oxygen atoms in total. The Morgan fingerprint density at radius 1 is 1.12 bits per heavy atom. The van der Waals surface area contributed by atoms with Crippen molar-refractivity contribution in [3.8, 4) is 0 Å². The molecule has 2 N–H and O–H groups in total. The molecule has 0 spiro atoms. The Labute approximate surface area is 139 Å². The number of pyridine rings is 1. The van der Waals surface area contributed by atoms with Gasteiger partial charge in [0.15, 0.2) is 5.82 Å². The smallest absolute Gasteiger partial charge is 0.152 e. The molecule has 24 heavy (non-hydrogen) atoms. The van der Waals surface area contributed by atoms with Gasteiger partial charge in [-0.05, 0) is 31.0 Å². The lowest BCUT2D eigenvalue weighted by Crippen LogP contribution is -2.19. The Balaban J connectivity index is 1.79. The average Bonchev–Trinajstić information content (AvgIpc) is 2.56. The van der Waals surface area contributed by atoms with E-state index in [9.17, 15) is 13.9 Å². The van der Waals surface area contributed by atoms with Crippen LogP contribution in [-0.2, 0) is 0 Å². The number of anilines is 1. The third-order valence-corrected chi connectivity index (χ3v) is 3.93. The summed E-state index contributed by atoms with van der Waals surface area (Å²) in [7, 11) is 0. The molecule has 0 saturated carbocycles. The highest BCUT2D eigenvalue weighted by atomic mass is 19.1. The lowest BCUT2D eigenvalue weighted by atomic mass is 10.0. The van der Waals surface area contributed by atoms with Gasteiger partial charge in [-0.2, -0.15) is 0 Å². The van der Waals surface area contributed by atoms with Crippen molar-refractivity contribution < 1.29 is 13.9 Å². The number of rotatable bonds is 5. The van der Waals surface area contributed by atoms with Crippen LogP contribution in [-0.4, -0.2) is 16.1 Å². The molecule has 3 rings (SSSR count). The second kappa shape index (κ2) is 6.93. The van der Waals surface area contributed by atoms with Gasteiger partial charge in [-0.3, -0.25) is 4.98 Å². The van der Waals surface area contributed by atoms with Crippen molar-refractivity contribution >= 4 is 16.6 Å². The zero-order chi connectivity index (χ0) is 17.1. The monoisotopic (exact) mass is 328 g/mol. The lowest BCUT2D eigenvalue weighted by molar-refractivity contribution is 0.162. The summed E-state index contributed by atoms with van der Waals surface area (Å²) < 4.78 is 27.3. The summed E-state index contributed by atoms with van der Waals surface area (Å²) in [6.07, 6.45) is 1.33. The molecule has 3 aromatic rings. The quantitative estimate of drug-likeness (QED) is 0.728. The van der Waals surface area contributed by atoms with E-state index in [-0.39, 0.29) is 11.6 Å². The van der Waals surface area contributed by atoms with Crippen molar-refractivity contribution in [3.05, 3.63) is 71.9 Å². The molecule has 0 amide bonds. The van der Waals surface area contributed by atoms with Gasteiger partial charge in [0.25, 0.3) is 0 Å². The first kappa shape index (κ1) is 16.3. The molecular weight excluding hydrogens is 310 g/mol. The molecule has 0 aliphatic heterocycles. The first-order valence-electron chi connectivity index (χ1n) is 7.78. The van der Waals surface area contributed by atoms with Crippen LogP contribution < -0.4 is 5.32 Å². The van der Waals surface area contributed by atoms with Crippen molar-refractivity contribution in [2.45, 2.75) is 25.5 Å². The van der Waals surface area contributed by atoms with Crippen LogP contribution in [0.25, 0.3) is 10.9 Å². The summed E-state index contributed by atoms with van der Waals surface area (Å²) in [5.41, 5.74) is 1.55. The molecule has 0 aliphatic carbocycles. The number of aromatic nitrogens is 1. The SMILES string of the molecule is CC(CC(O)c1ccccc1)Nc1ccnc2c(F)cc(F)cc12. The minimum Gasteiger partial charge on any atom is -0.388 e. The number of benzene rings is 2. The molecule has 124 valence electrons. The van der Waals surface area contributed by atoms with Gasteiger partial charge in [0.05, 0.1) is 6.10 Å². The van der Waals surface area contributed by atoms with Crippen LogP contribution in [0.4, 0.5) is 14.5 Å². The van der Waals surface area contributed by atoms with E-state index < -0.39 is 17.7 Å². The molecule has 2 unspecified atom stereocenters. The second-order valence-electron chi connectivity index (χ2n) is 5.85. The van der Waals surface area contributed by atoms with E-state index in [2.05, 4.69) is 10.3 Å². The van der Waals surface area contributed by atoms with E-state index in [1.54, 1.807) is 6.07 Å². The highest BCUT2D eigenvalue weighted by Gasteiger charge is 2.14. The minimum atomic E-state index is -0.689. The maximum atomic E-state index is 13.8. The van der Waals surface area contributed by atoms with Gasteiger partial charge >= 0.3 is 0 Å². The molecule has 1 aromatic heterocycles. The highest BCUT2D eigenvalue weighted by Crippen LogP contribution is 2.27. The van der Waals surface area contributed by atoms with Crippen LogP contribution in [0.15, 0.2) is 54.7 Å². The Morgan fingerprint density at radius 3 is 2.62 bits per heavy atom. The predicted molar refractivity (Wildman–Crippen MR) is 90.8 cm³/mol. The molecule has 5 heteroatoms. The van der Waals surface area contributed by atoms with Gasteiger partial charge in [0.2, 0.25) is 0 Å². The van der Waals surface area contributed by atoms with E-state index in [1.807, 2.05) is 37.3 Å². The fourth-order valence-electron chi connectivity index (χ4n) is 2.78. The van der Waals surface area contributed by atoms with Crippen LogP contribution in [0, 0.1) is 11.6 Å². The number of nitrogens with zero attached hydrogens (tertiary/aromatic N) is 1. The standard InChI is InChI=1S/C19H18F2N2O/c1-12(9-18(24)13-5-3-2-4-6-13)23-17-7-8-22-19-15(17)10-14(20)11-16(19)21/h2-8,10-12,18,24H,9H2,1H3,(H,22,23). The molecule has 0 radical (unpaired) electrons. The van der Waals surface area contributed by atoms with Crippen LogP contribution >= 0.6 is 0 Å². The summed E-state index contributed by atoms with van der Waals surface area (Å²) >= 11 is 0. The predicted octanol–water partition coefficient (Wildman–Crippen LogP) is 4.44. The largest absolute Gasteiger partial charge is 0.388 e. The number of hydrogen-bond donors (Lipinski definition) is 2. The van der Waals surface area contributed by atoms with E-state index in [4.69, 9.17) is 0 Å². The summed E-state index contributed by atoms with van der Waals surface area (Å²) in [5, 5.41) is 13.9. The van der Waals surface area contributed by atoms with Gasteiger partial charge in [-0.1, -0.05) is 30.3 Å².